The van der Waals surface area contributed by atoms with Crippen molar-refractivity contribution in [2.75, 3.05) is 24.7 Å². The summed E-state index contributed by atoms with van der Waals surface area (Å²) in [6.07, 6.45) is -4.69. The molecular weight excluding hydrogens is 609 g/mol. The summed E-state index contributed by atoms with van der Waals surface area (Å²) in [6.45, 7) is 6.14. The van der Waals surface area contributed by atoms with Gasteiger partial charge in [-0.05, 0) is 45.4 Å². The van der Waals surface area contributed by atoms with E-state index in [1.54, 1.807) is 45.0 Å². The van der Waals surface area contributed by atoms with Crippen molar-refractivity contribution in [3.05, 3.63) is 57.3 Å². The number of aromatic nitrogens is 2. The van der Waals surface area contributed by atoms with Gasteiger partial charge in [-0.1, -0.05) is 6.07 Å². The average Bonchev–Trinajstić information content (AvgIpc) is 3.45. The van der Waals surface area contributed by atoms with E-state index in [0.29, 0.717) is 33.6 Å². The molecule has 2 aromatic heterocycles. The highest BCUT2D eigenvalue weighted by molar-refractivity contribution is 7.89. The Bertz CT molecular complexity index is 1770. The van der Waals surface area contributed by atoms with Gasteiger partial charge in [-0.2, -0.15) is 18.2 Å². The molecular formula is C27H30F3N6O5S2+. The normalized spacial score (nSPS) is 17.7. The van der Waals surface area contributed by atoms with Crippen LogP contribution >= 0.6 is 10.5 Å². The second kappa shape index (κ2) is 11.5. The van der Waals surface area contributed by atoms with Gasteiger partial charge >= 0.3 is 11.0 Å². The number of alkyl halides is 3. The molecule has 1 saturated heterocycles. The van der Waals surface area contributed by atoms with Crippen molar-refractivity contribution in [1.29, 1.82) is 0 Å². The summed E-state index contributed by atoms with van der Waals surface area (Å²) in [5, 5.41) is 1.83. The number of pyridine rings is 1. The molecule has 3 aromatic rings. The lowest BCUT2D eigenvalue weighted by Gasteiger charge is -2.26. The van der Waals surface area contributed by atoms with Gasteiger partial charge in [0.05, 0.1) is 34.9 Å². The van der Waals surface area contributed by atoms with Gasteiger partial charge in [0.2, 0.25) is 10.0 Å². The second-order valence-corrected chi connectivity index (χ2v) is 14.0. The maximum absolute atomic E-state index is 13.6. The van der Waals surface area contributed by atoms with Gasteiger partial charge in [0.1, 0.15) is 23.4 Å². The third-order valence-electron chi connectivity index (χ3n) is 6.85. The smallest absolute Gasteiger partial charge is 0.370 e. The Labute approximate surface area is 248 Å². The number of anilines is 1. The maximum Gasteiger partial charge on any atom is 0.408 e. The number of benzene rings is 1. The number of hydrogen-bond acceptors (Lipinski definition) is 7. The van der Waals surface area contributed by atoms with E-state index in [-0.39, 0.29) is 34.4 Å². The number of H-pyrrole nitrogens is 1. The number of nitrogens with one attached hydrogen (secondary N) is 2. The number of thiazole rings is 1. The molecule has 2 aliphatic heterocycles. The molecule has 1 aromatic carbocycles. The van der Waals surface area contributed by atoms with Gasteiger partial charge in [0.15, 0.2) is 16.1 Å². The summed E-state index contributed by atoms with van der Waals surface area (Å²) in [5.74, 6) is -0.538. The van der Waals surface area contributed by atoms with Gasteiger partial charge in [-0.25, -0.2) is 18.1 Å². The van der Waals surface area contributed by atoms with E-state index in [1.807, 2.05) is 5.38 Å². The molecule has 2 aliphatic rings. The molecule has 0 radical (unpaired) electrons. The monoisotopic (exact) mass is 639 g/mol. The number of morpholine rings is 1. The van der Waals surface area contributed by atoms with E-state index in [0.717, 1.165) is 12.6 Å². The molecule has 1 unspecified atom stereocenters. The largest absolute Gasteiger partial charge is 0.408 e. The molecule has 2 N–H and O–H groups in total. The van der Waals surface area contributed by atoms with Crippen molar-refractivity contribution < 1.29 is 35.9 Å². The minimum absolute atomic E-state index is 0.0501. The molecule has 0 spiro atoms. The third-order valence-corrected chi connectivity index (χ3v) is 10.5. The van der Waals surface area contributed by atoms with E-state index in [9.17, 15) is 31.2 Å². The van der Waals surface area contributed by atoms with Crippen LogP contribution in [0.15, 0.2) is 45.6 Å². The molecule has 2 amide bonds. The first kappa shape index (κ1) is 30.8. The molecule has 4 heterocycles. The van der Waals surface area contributed by atoms with Crippen molar-refractivity contribution in [2.45, 2.75) is 57.4 Å². The summed E-state index contributed by atoms with van der Waals surface area (Å²) in [4.78, 5) is 40.5. The first-order valence-electron chi connectivity index (χ1n) is 13.3. The number of carbonyl (C=O) groups excluding carboxylic acids is 2. The van der Waals surface area contributed by atoms with Crippen molar-refractivity contribution in [1.82, 2.24) is 19.6 Å². The van der Waals surface area contributed by atoms with Gasteiger partial charge < -0.3 is 9.64 Å². The Morgan fingerprint density at radius 2 is 1.93 bits per heavy atom. The van der Waals surface area contributed by atoms with Gasteiger partial charge in [0, 0.05) is 24.7 Å². The van der Waals surface area contributed by atoms with Crippen LogP contribution < -0.4 is 14.4 Å². The molecule has 0 saturated carbocycles. The fraction of sp³-hybridized carbons (Fsp3) is 0.407. The van der Waals surface area contributed by atoms with Crippen LogP contribution in [0.2, 0.25) is 0 Å². The topological polar surface area (TPSA) is 137 Å². The number of hydrogen-bond donors (Lipinski definition) is 2. The Kier molecular flexibility index (Phi) is 8.24. The molecule has 0 aliphatic carbocycles. The summed E-state index contributed by atoms with van der Waals surface area (Å²) < 4.78 is 75.3. The number of rotatable bonds is 7. The van der Waals surface area contributed by atoms with Gasteiger partial charge in [0.25, 0.3) is 11.8 Å². The number of fused-ring (bicyclic) bond motifs is 1. The van der Waals surface area contributed by atoms with E-state index in [1.165, 1.54) is 11.0 Å². The highest BCUT2D eigenvalue weighted by atomic mass is 32.2. The number of carbonyl (C=O) groups is 2. The lowest BCUT2D eigenvalue weighted by molar-refractivity contribution is -0.172. The third kappa shape index (κ3) is 6.23. The van der Waals surface area contributed by atoms with Gasteiger partial charge in [-0.3, -0.25) is 19.5 Å². The predicted molar refractivity (Wildman–Crippen MR) is 153 cm³/mol. The molecule has 11 nitrogen and oxygen atoms in total. The maximum atomic E-state index is 13.6. The van der Waals surface area contributed by atoms with Crippen LogP contribution in [0.1, 0.15) is 42.4 Å². The molecule has 1 fully saturated rings. The first-order chi connectivity index (χ1) is 20.2. The molecule has 0 bridgehead atoms. The number of nitrogens with zero attached hydrogens (tertiary/aromatic N) is 4. The minimum Gasteiger partial charge on any atom is -0.370 e. The summed E-state index contributed by atoms with van der Waals surface area (Å²) in [6, 6.07) is 5.29. The molecule has 43 heavy (non-hydrogen) atoms. The van der Waals surface area contributed by atoms with Crippen LogP contribution in [-0.4, -0.2) is 73.1 Å². The van der Waals surface area contributed by atoms with Crippen molar-refractivity contribution in [3.63, 3.8) is 0 Å². The molecule has 2 atom stereocenters. The number of aryl methyl sites for hydroxylation is 1. The number of ether oxygens (including phenoxy) is 1. The fourth-order valence-electron chi connectivity index (χ4n) is 4.85. The average molecular weight is 640 g/mol. The highest BCUT2D eigenvalue weighted by Gasteiger charge is 2.47. The van der Waals surface area contributed by atoms with E-state index < -0.39 is 51.2 Å². The molecule has 16 heteroatoms. The van der Waals surface area contributed by atoms with E-state index in [4.69, 9.17) is 4.74 Å². The summed E-state index contributed by atoms with van der Waals surface area (Å²) >= 11 is 0. The Balaban J connectivity index is 1.64. The quantitative estimate of drug-likeness (QED) is 0.379. The number of halogens is 3. The minimum atomic E-state index is -4.69. The zero-order valence-corrected chi connectivity index (χ0v) is 25.4. The second-order valence-electron chi connectivity index (χ2n) is 10.5. The number of aromatic amines is 1. The zero-order chi connectivity index (χ0) is 31.3. The van der Waals surface area contributed by atoms with Crippen molar-refractivity contribution in [3.8, 4) is 4.90 Å². The molecule has 5 rings (SSSR count). The SMILES string of the molecule is Cc1c[s+](-c2cc3c(c(S(=O)(=O)NC(C)C)c2)C(=O)N([C@@H](C)C(F)(F)F)C3)c(=Nc2cccc(N3CCOCC3=O)n2)[nH]1. The number of amides is 2. The van der Waals surface area contributed by atoms with Gasteiger partial charge in [-0.15, -0.1) is 0 Å². The van der Waals surface area contributed by atoms with E-state index in [2.05, 4.69) is 19.7 Å². The fourth-order valence-corrected chi connectivity index (χ4v) is 8.30. The van der Waals surface area contributed by atoms with Crippen molar-refractivity contribution in [2.24, 2.45) is 4.99 Å². The van der Waals surface area contributed by atoms with Crippen LogP contribution in [0.4, 0.5) is 24.8 Å². The van der Waals surface area contributed by atoms with Crippen LogP contribution in [0.3, 0.4) is 0 Å². The first-order valence-corrected chi connectivity index (χ1v) is 16.1. The van der Waals surface area contributed by atoms with E-state index >= 15 is 0 Å². The Morgan fingerprint density at radius 1 is 1.19 bits per heavy atom. The summed E-state index contributed by atoms with van der Waals surface area (Å²) in [5.41, 5.74) is 0.626. The lowest BCUT2D eigenvalue weighted by Crippen LogP contribution is -2.43. The molecule has 230 valence electrons. The summed E-state index contributed by atoms with van der Waals surface area (Å²) in [7, 11) is -5.27. The Morgan fingerprint density at radius 3 is 2.60 bits per heavy atom. The van der Waals surface area contributed by atoms with Crippen LogP contribution in [-0.2, 0) is 26.1 Å². The van der Waals surface area contributed by atoms with Crippen LogP contribution in [0.5, 0.6) is 0 Å². The highest BCUT2D eigenvalue weighted by Crippen LogP contribution is 2.39. The zero-order valence-electron chi connectivity index (χ0n) is 23.7. The Hall–Kier alpha value is -3.60. The predicted octanol–water partition coefficient (Wildman–Crippen LogP) is 3.65. The van der Waals surface area contributed by atoms with Crippen LogP contribution in [0.25, 0.3) is 4.90 Å². The van der Waals surface area contributed by atoms with Crippen LogP contribution in [0, 0.1) is 6.92 Å². The standard InChI is InChI=1S/C27H30F3N6O5S2/c1-15(2)34-43(39,40)20-11-19(10-18-12-36(25(38)24(18)20)17(4)27(28,29)30)42-14-16(3)31-26(42)33-21-6-5-7-22(32-21)35-8-9-41-13-23(35)37/h5-7,10-11,14-15,17,34H,8-9,12-13H2,1-4H3,(H,31,32,33)/q+1/t17-,42?/m0/s1. The lowest BCUT2D eigenvalue weighted by atomic mass is 10.1. The number of sulfonamides is 1. The van der Waals surface area contributed by atoms with Crippen molar-refractivity contribution >= 4 is 43.9 Å².